The largest absolute Gasteiger partial charge is 0.481 e. The fraction of sp³-hybridized carbons (Fsp3) is 0.909. The number of thioether (sulfide) groups is 1. The number of carboxylic acids is 1. The maximum Gasteiger partial charge on any atom is 0.307 e. The molecule has 0 aromatic heterocycles. The SMILES string of the molecule is CCN(CC(C)C(=O)O)C1CSC(C)C1. The van der Waals surface area contributed by atoms with Crippen molar-refractivity contribution in [1.82, 2.24) is 4.90 Å². The highest BCUT2D eigenvalue weighted by Crippen LogP contribution is 2.29. The van der Waals surface area contributed by atoms with E-state index < -0.39 is 5.97 Å². The van der Waals surface area contributed by atoms with Crippen LogP contribution in [0.5, 0.6) is 0 Å². The maximum atomic E-state index is 10.8. The molecule has 1 aliphatic rings. The van der Waals surface area contributed by atoms with Crippen LogP contribution in [0.1, 0.15) is 27.2 Å². The highest BCUT2D eigenvalue weighted by Gasteiger charge is 2.28. The van der Waals surface area contributed by atoms with Gasteiger partial charge in [0.15, 0.2) is 0 Å². The number of carbonyl (C=O) groups is 1. The third-order valence-electron chi connectivity index (χ3n) is 3.03. The van der Waals surface area contributed by atoms with Crippen molar-refractivity contribution in [2.75, 3.05) is 18.8 Å². The molecular weight excluding hydrogens is 210 g/mol. The second-order valence-corrected chi connectivity index (χ2v) is 5.83. The Hall–Kier alpha value is -0.220. The highest BCUT2D eigenvalue weighted by atomic mass is 32.2. The van der Waals surface area contributed by atoms with Gasteiger partial charge in [0.1, 0.15) is 0 Å². The van der Waals surface area contributed by atoms with E-state index in [2.05, 4.69) is 18.7 Å². The van der Waals surface area contributed by atoms with E-state index in [1.165, 1.54) is 6.42 Å². The summed E-state index contributed by atoms with van der Waals surface area (Å²) in [4.78, 5) is 13.1. The Labute approximate surface area is 96.2 Å². The van der Waals surface area contributed by atoms with Crippen LogP contribution in [0.15, 0.2) is 0 Å². The summed E-state index contributed by atoms with van der Waals surface area (Å²) < 4.78 is 0. The topological polar surface area (TPSA) is 40.5 Å². The van der Waals surface area contributed by atoms with Crippen LogP contribution in [0.3, 0.4) is 0 Å². The lowest BCUT2D eigenvalue weighted by Gasteiger charge is -2.28. The van der Waals surface area contributed by atoms with Gasteiger partial charge >= 0.3 is 5.97 Å². The van der Waals surface area contributed by atoms with E-state index >= 15 is 0 Å². The van der Waals surface area contributed by atoms with E-state index in [0.717, 1.165) is 17.5 Å². The molecule has 1 N–H and O–H groups in total. The van der Waals surface area contributed by atoms with Crippen LogP contribution in [0.25, 0.3) is 0 Å². The molecule has 3 atom stereocenters. The Morgan fingerprint density at radius 1 is 1.67 bits per heavy atom. The summed E-state index contributed by atoms with van der Waals surface area (Å²) >= 11 is 2.00. The first-order valence-electron chi connectivity index (χ1n) is 5.63. The minimum atomic E-state index is -0.688. The van der Waals surface area contributed by atoms with E-state index in [4.69, 9.17) is 5.11 Å². The maximum absolute atomic E-state index is 10.8. The lowest BCUT2D eigenvalue weighted by molar-refractivity contribution is -0.141. The highest BCUT2D eigenvalue weighted by molar-refractivity contribution is 8.00. The standard InChI is InChI=1S/C11H21NO2S/c1-4-12(6-8(2)11(13)14)10-5-9(3)15-7-10/h8-10H,4-7H2,1-3H3,(H,13,14). The zero-order chi connectivity index (χ0) is 11.4. The third-order valence-corrected chi connectivity index (χ3v) is 4.37. The fourth-order valence-electron chi connectivity index (χ4n) is 2.02. The summed E-state index contributed by atoms with van der Waals surface area (Å²) in [7, 11) is 0. The van der Waals surface area contributed by atoms with Crippen LogP contribution in [-0.2, 0) is 4.79 Å². The molecule has 4 heteroatoms. The Balaban J connectivity index is 2.45. The summed E-state index contributed by atoms with van der Waals surface area (Å²) in [6.07, 6.45) is 1.20. The zero-order valence-electron chi connectivity index (χ0n) is 9.77. The van der Waals surface area contributed by atoms with Gasteiger partial charge in [-0.25, -0.2) is 0 Å². The summed E-state index contributed by atoms with van der Waals surface area (Å²) in [6.45, 7) is 7.79. The van der Waals surface area contributed by atoms with Crippen LogP contribution < -0.4 is 0 Å². The molecule has 15 heavy (non-hydrogen) atoms. The molecule has 0 bridgehead atoms. The normalized spacial score (nSPS) is 28.3. The average molecular weight is 231 g/mol. The van der Waals surface area contributed by atoms with Crippen molar-refractivity contribution in [3.8, 4) is 0 Å². The van der Waals surface area contributed by atoms with Gasteiger partial charge in [0, 0.05) is 23.6 Å². The van der Waals surface area contributed by atoms with Gasteiger partial charge < -0.3 is 5.11 Å². The second-order valence-electron chi connectivity index (χ2n) is 4.36. The van der Waals surface area contributed by atoms with E-state index in [0.29, 0.717) is 12.6 Å². The second kappa shape index (κ2) is 5.75. The summed E-state index contributed by atoms with van der Waals surface area (Å²) in [6, 6.07) is 0.580. The fourth-order valence-corrected chi connectivity index (χ4v) is 3.27. The Morgan fingerprint density at radius 3 is 2.73 bits per heavy atom. The van der Waals surface area contributed by atoms with Crippen molar-refractivity contribution in [1.29, 1.82) is 0 Å². The van der Waals surface area contributed by atoms with Crippen LogP contribution in [0, 0.1) is 5.92 Å². The van der Waals surface area contributed by atoms with Crippen molar-refractivity contribution >= 4 is 17.7 Å². The molecule has 3 unspecified atom stereocenters. The molecular formula is C11H21NO2S. The molecule has 1 fully saturated rings. The predicted octanol–water partition coefficient (Wildman–Crippen LogP) is 1.92. The van der Waals surface area contributed by atoms with Gasteiger partial charge in [-0.1, -0.05) is 20.8 Å². The molecule has 0 amide bonds. The minimum Gasteiger partial charge on any atom is -0.481 e. The average Bonchev–Trinajstić information content (AvgIpc) is 2.60. The first-order chi connectivity index (χ1) is 7.04. The molecule has 0 spiro atoms. The van der Waals surface area contributed by atoms with Gasteiger partial charge in [0.2, 0.25) is 0 Å². The van der Waals surface area contributed by atoms with Crippen molar-refractivity contribution in [2.24, 2.45) is 5.92 Å². The Kier molecular flexibility index (Phi) is 4.93. The number of nitrogens with zero attached hydrogens (tertiary/aromatic N) is 1. The number of aliphatic carboxylic acids is 1. The molecule has 1 rings (SSSR count). The van der Waals surface area contributed by atoms with Crippen LogP contribution in [0.2, 0.25) is 0 Å². The molecule has 3 nitrogen and oxygen atoms in total. The molecule has 88 valence electrons. The van der Waals surface area contributed by atoms with Crippen LogP contribution >= 0.6 is 11.8 Å². The number of carboxylic acid groups (broad SMARTS) is 1. The molecule has 1 heterocycles. The van der Waals surface area contributed by atoms with Gasteiger partial charge in [-0.2, -0.15) is 11.8 Å². The first kappa shape index (κ1) is 12.8. The van der Waals surface area contributed by atoms with E-state index in [9.17, 15) is 4.79 Å². The molecule has 0 aliphatic carbocycles. The summed E-state index contributed by atoms with van der Waals surface area (Å²) in [5, 5.41) is 9.62. The third kappa shape index (κ3) is 3.68. The molecule has 0 aromatic rings. The molecule has 0 saturated carbocycles. The lowest BCUT2D eigenvalue weighted by atomic mass is 10.1. The molecule has 1 aliphatic heterocycles. The smallest absolute Gasteiger partial charge is 0.307 e. The number of rotatable bonds is 5. The van der Waals surface area contributed by atoms with Gasteiger partial charge in [0.25, 0.3) is 0 Å². The van der Waals surface area contributed by atoms with Crippen molar-refractivity contribution in [3.05, 3.63) is 0 Å². The van der Waals surface area contributed by atoms with Crippen molar-refractivity contribution in [2.45, 2.75) is 38.5 Å². The van der Waals surface area contributed by atoms with Gasteiger partial charge in [-0.3, -0.25) is 9.69 Å². The van der Waals surface area contributed by atoms with Gasteiger partial charge in [0.05, 0.1) is 5.92 Å². The first-order valence-corrected chi connectivity index (χ1v) is 6.67. The van der Waals surface area contributed by atoms with Gasteiger partial charge in [-0.05, 0) is 13.0 Å². The predicted molar refractivity (Wildman–Crippen MR) is 64.4 cm³/mol. The zero-order valence-corrected chi connectivity index (χ0v) is 10.6. The summed E-state index contributed by atoms with van der Waals surface area (Å²) in [5.74, 6) is 0.208. The monoisotopic (exact) mass is 231 g/mol. The number of hydrogen-bond donors (Lipinski definition) is 1. The van der Waals surface area contributed by atoms with Crippen LogP contribution in [0.4, 0.5) is 0 Å². The quantitative estimate of drug-likeness (QED) is 0.785. The Morgan fingerprint density at radius 2 is 2.33 bits per heavy atom. The van der Waals surface area contributed by atoms with Gasteiger partial charge in [-0.15, -0.1) is 0 Å². The molecule has 1 saturated heterocycles. The van der Waals surface area contributed by atoms with Crippen LogP contribution in [-0.4, -0.2) is 46.1 Å². The van der Waals surface area contributed by atoms with E-state index in [1.807, 2.05) is 11.8 Å². The minimum absolute atomic E-state index is 0.258. The Bertz CT molecular complexity index is 223. The van der Waals surface area contributed by atoms with Crippen molar-refractivity contribution in [3.63, 3.8) is 0 Å². The van der Waals surface area contributed by atoms with E-state index in [1.54, 1.807) is 6.92 Å². The van der Waals surface area contributed by atoms with E-state index in [-0.39, 0.29) is 5.92 Å². The lowest BCUT2D eigenvalue weighted by Crippen LogP contribution is -2.40. The number of hydrogen-bond acceptors (Lipinski definition) is 3. The molecule has 0 radical (unpaired) electrons. The van der Waals surface area contributed by atoms with Crippen molar-refractivity contribution < 1.29 is 9.90 Å². The molecule has 0 aromatic carbocycles. The summed E-state index contributed by atoms with van der Waals surface area (Å²) in [5.41, 5.74) is 0.